The third-order valence-electron chi connectivity index (χ3n) is 15.3. The van der Waals surface area contributed by atoms with Crippen LogP contribution in [-0.4, -0.2) is 82.3 Å². The molecule has 0 aromatic heterocycles. The minimum Gasteiger partial charge on any atom is -0.545 e. The lowest BCUT2D eigenvalue weighted by Crippen LogP contribution is -2.44. The highest BCUT2D eigenvalue weighted by Gasteiger charge is 2.22. The SMILES string of the molecule is CCCCCC/C=C\C/C=C\CCCCCCCCCC(=O)OCC(COC(OCC[N+](C)(C)C)C(=O)[O-])OC(=O)CCCCCCCCCCCCCCCCCCCCCCCCCCC/C=C\C/C=C\CCCCCCC. The molecule has 0 fully saturated rings. The number of unbranched alkanes of at least 4 members (excludes halogenated alkanes) is 41. The normalized spacial score (nSPS) is 13.0. The van der Waals surface area contributed by atoms with E-state index in [1.807, 2.05) is 21.1 Å². The summed E-state index contributed by atoms with van der Waals surface area (Å²) in [4.78, 5) is 37.4. The maximum Gasteiger partial charge on any atom is 0.306 e. The van der Waals surface area contributed by atoms with Crippen molar-refractivity contribution in [3.63, 3.8) is 0 Å². The van der Waals surface area contributed by atoms with Gasteiger partial charge < -0.3 is 33.3 Å². The number of hydrogen-bond donors (Lipinski definition) is 0. The van der Waals surface area contributed by atoms with Crippen molar-refractivity contribution in [3.05, 3.63) is 48.6 Å². The Morgan fingerprint density at radius 2 is 0.675 bits per heavy atom. The second kappa shape index (κ2) is 62.3. The van der Waals surface area contributed by atoms with E-state index in [4.69, 9.17) is 18.9 Å². The first-order valence-corrected chi connectivity index (χ1v) is 34.3. The number of nitrogens with zero attached hydrogens (tertiary/aromatic N) is 1. The van der Waals surface area contributed by atoms with Crippen molar-refractivity contribution in [1.29, 1.82) is 0 Å². The molecule has 0 saturated carbocycles. The molecule has 0 aromatic carbocycles. The van der Waals surface area contributed by atoms with Crippen molar-refractivity contribution in [2.75, 3.05) is 47.5 Å². The lowest BCUT2D eigenvalue weighted by Gasteiger charge is -2.26. The molecule has 2 unspecified atom stereocenters. The quantitative estimate of drug-likeness (QED) is 0.0195. The lowest BCUT2D eigenvalue weighted by molar-refractivity contribution is -0.870. The Hall–Kier alpha value is -2.75. The van der Waals surface area contributed by atoms with E-state index in [1.165, 1.54) is 238 Å². The van der Waals surface area contributed by atoms with Crippen molar-refractivity contribution in [2.24, 2.45) is 0 Å². The van der Waals surface area contributed by atoms with Crippen LogP contribution >= 0.6 is 0 Å². The molecule has 0 heterocycles. The molecule has 9 nitrogen and oxygen atoms in total. The average molecular weight is 1130 g/mol. The average Bonchev–Trinajstić information content (AvgIpc) is 3.43. The smallest absolute Gasteiger partial charge is 0.306 e. The lowest BCUT2D eigenvalue weighted by atomic mass is 10.0. The van der Waals surface area contributed by atoms with Crippen molar-refractivity contribution >= 4 is 17.9 Å². The van der Waals surface area contributed by atoms with Gasteiger partial charge >= 0.3 is 11.9 Å². The molecule has 0 aliphatic rings. The minimum absolute atomic E-state index is 0.148. The van der Waals surface area contributed by atoms with Crippen LogP contribution in [0.2, 0.25) is 0 Å². The molecule has 0 aliphatic heterocycles. The van der Waals surface area contributed by atoms with Crippen LogP contribution in [0.3, 0.4) is 0 Å². The summed E-state index contributed by atoms with van der Waals surface area (Å²) in [6.07, 6.45) is 76.3. The zero-order chi connectivity index (χ0) is 58.3. The van der Waals surface area contributed by atoms with Crippen LogP contribution in [-0.2, 0) is 33.3 Å². The predicted molar refractivity (Wildman–Crippen MR) is 339 cm³/mol. The van der Waals surface area contributed by atoms with Gasteiger partial charge in [-0.2, -0.15) is 0 Å². The minimum atomic E-state index is -1.62. The van der Waals surface area contributed by atoms with Gasteiger partial charge in [-0.05, 0) is 77.0 Å². The van der Waals surface area contributed by atoms with Crippen LogP contribution in [0.4, 0.5) is 0 Å². The van der Waals surface area contributed by atoms with Crippen molar-refractivity contribution in [3.8, 4) is 0 Å². The summed E-state index contributed by atoms with van der Waals surface area (Å²) in [6.45, 7) is 4.75. The Labute approximate surface area is 495 Å². The van der Waals surface area contributed by atoms with Crippen LogP contribution in [0.25, 0.3) is 0 Å². The Kier molecular flexibility index (Phi) is 60.2. The van der Waals surface area contributed by atoms with Gasteiger partial charge in [-0.25, -0.2) is 0 Å². The van der Waals surface area contributed by atoms with E-state index < -0.39 is 24.3 Å². The summed E-state index contributed by atoms with van der Waals surface area (Å²) in [5.74, 6) is -2.27. The number of hydrogen-bond acceptors (Lipinski definition) is 8. The van der Waals surface area contributed by atoms with E-state index >= 15 is 0 Å². The summed E-state index contributed by atoms with van der Waals surface area (Å²) in [6, 6.07) is 0. The number of carboxylic acid groups (broad SMARTS) is 1. The first-order chi connectivity index (χ1) is 39.1. The zero-order valence-electron chi connectivity index (χ0n) is 53.5. The van der Waals surface area contributed by atoms with Gasteiger partial charge in [0.2, 0.25) is 0 Å². The number of aliphatic carboxylic acids is 1. The fourth-order valence-corrected chi connectivity index (χ4v) is 10.0. The number of carbonyl (C=O) groups is 3. The number of likely N-dealkylation sites (N-methyl/N-ethyl adjacent to an activating group) is 1. The second-order valence-corrected chi connectivity index (χ2v) is 24.5. The fourth-order valence-electron chi connectivity index (χ4n) is 10.0. The van der Waals surface area contributed by atoms with Crippen LogP contribution in [0.15, 0.2) is 48.6 Å². The molecule has 0 saturated heterocycles. The van der Waals surface area contributed by atoms with Gasteiger partial charge in [0.05, 0.1) is 40.3 Å². The van der Waals surface area contributed by atoms with Gasteiger partial charge in [-0.15, -0.1) is 0 Å². The van der Waals surface area contributed by atoms with Crippen molar-refractivity contribution in [2.45, 2.75) is 341 Å². The molecule has 80 heavy (non-hydrogen) atoms. The highest BCUT2D eigenvalue weighted by Crippen LogP contribution is 2.18. The van der Waals surface area contributed by atoms with Crippen molar-refractivity contribution in [1.82, 2.24) is 0 Å². The van der Waals surface area contributed by atoms with E-state index in [2.05, 4.69) is 62.5 Å². The first-order valence-electron chi connectivity index (χ1n) is 34.3. The molecule has 9 heteroatoms. The molecular weight excluding hydrogens is 995 g/mol. The van der Waals surface area contributed by atoms with E-state index in [0.29, 0.717) is 17.4 Å². The Balaban J connectivity index is 4.00. The number of carbonyl (C=O) groups excluding carboxylic acids is 3. The highest BCUT2D eigenvalue weighted by molar-refractivity contribution is 5.70. The van der Waals surface area contributed by atoms with Crippen LogP contribution in [0.1, 0.15) is 328 Å². The Bertz CT molecular complexity index is 1450. The summed E-state index contributed by atoms with van der Waals surface area (Å²) in [5, 5.41) is 11.8. The molecule has 0 rings (SSSR count). The molecule has 468 valence electrons. The standard InChI is InChI=1S/C71H131NO8/c1-6-8-10-12-14-16-18-20-22-24-26-27-28-29-30-31-32-33-34-35-36-37-38-39-40-41-42-43-44-46-48-50-52-54-56-58-60-62-69(74)80-67(66-79-71(70(75)76)77-64-63-72(3,4)5)65-78-68(73)61-59-57-55-53-51-49-47-45-25-23-21-19-17-15-13-11-9-7-2/h17-20,23-26,67,71H,6-16,21-22,27-66H2,1-5H3/b19-17-,20-18-,25-23-,26-24-. The van der Waals surface area contributed by atoms with E-state index in [-0.39, 0.29) is 38.6 Å². The van der Waals surface area contributed by atoms with E-state index in [0.717, 1.165) is 57.8 Å². The molecule has 0 aliphatic carbocycles. The van der Waals surface area contributed by atoms with Crippen LogP contribution in [0, 0.1) is 0 Å². The van der Waals surface area contributed by atoms with Crippen molar-refractivity contribution < 1.29 is 42.9 Å². The predicted octanol–water partition coefficient (Wildman–Crippen LogP) is 19.6. The number of esters is 2. The summed E-state index contributed by atoms with van der Waals surface area (Å²) < 4.78 is 22.8. The number of allylic oxidation sites excluding steroid dienone is 8. The second-order valence-electron chi connectivity index (χ2n) is 24.5. The molecule has 0 spiro atoms. The fraction of sp³-hybridized carbons (Fsp3) is 0.845. The molecule has 2 atom stereocenters. The van der Waals surface area contributed by atoms with Gasteiger partial charge in [0, 0.05) is 12.8 Å². The third-order valence-corrected chi connectivity index (χ3v) is 15.3. The molecule has 0 bridgehead atoms. The van der Waals surface area contributed by atoms with Crippen LogP contribution in [0.5, 0.6) is 0 Å². The van der Waals surface area contributed by atoms with Gasteiger partial charge in [-0.1, -0.05) is 287 Å². The van der Waals surface area contributed by atoms with Gasteiger partial charge in [0.25, 0.3) is 0 Å². The summed E-state index contributed by atoms with van der Waals surface area (Å²) in [5.41, 5.74) is 0. The van der Waals surface area contributed by atoms with E-state index in [1.54, 1.807) is 0 Å². The van der Waals surface area contributed by atoms with E-state index in [9.17, 15) is 19.5 Å². The molecule has 0 amide bonds. The number of carboxylic acids is 1. The largest absolute Gasteiger partial charge is 0.545 e. The molecule has 0 radical (unpaired) electrons. The van der Waals surface area contributed by atoms with Gasteiger partial charge in [0.1, 0.15) is 13.2 Å². The van der Waals surface area contributed by atoms with Gasteiger partial charge in [0.15, 0.2) is 12.4 Å². The van der Waals surface area contributed by atoms with Gasteiger partial charge in [-0.3, -0.25) is 9.59 Å². The highest BCUT2D eigenvalue weighted by atomic mass is 16.7. The molecular formula is C71H131NO8. The monoisotopic (exact) mass is 1130 g/mol. The first kappa shape index (κ1) is 77.2. The topological polar surface area (TPSA) is 111 Å². The maximum atomic E-state index is 12.9. The zero-order valence-corrected chi connectivity index (χ0v) is 53.5. The third kappa shape index (κ3) is 62.8. The Morgan fingerprint density at radius 3 is 1.00 bits per heavy atom. The Morgan fingerprint density at radius 1 is 0.375 bits per heavy atom. The summed E-state index contributed by atoms with van der Waals surface area (Å²) >= 11 is 0. The number of rotatable bonds is 64. The number of quaternary nitrogens is 1. The maximum absolute atomic E-state index is 12.9. The molecule has 0 aromatic rings. The number of ether oxygens (including phenoxy) is 4. The summed E-state index contributed by atoms with van der Waals surface area (Å²) in [7, 11) is 5.93. The van der Waals surface area contributed by atoms with Crippen LogP contribution < -0.4 is 5.11 Å². The molecule has 0 N–H and O–H groups in total.